The summed E-state index contributed by atoms with van der Waals surface area (Å²) in [6.45, 7) is 0. The molecule has 2 heteroatoms. The molecule has 0 bridgehead atoms. The fourth-order valence-corrected chi connectivity index (χ4v) is 2.60. The van der Waals surface area contributed by atoms with E-state index in [1.54, 1.807) is 0 Å². The van der Waals surface area contributed by atoms with Gasteiger partial charge in [0.15, 0.2) is 0 Å². The van der Waals surface area contributed by atoms with E-state index in [9.17, 15) is 0 Å². The van der Waals surface area contributed by atoms with Crippen molar-refractivity contribution in [2.45, 2.75) is 4.90 Å². The van der Waals surface area contributed by atoms with Crippen LogP contribution in [0.3, 0.4) is 0 Å². The molecule has 0 saturated carbocycles. The van der Waals surface area contributed by atoms with Crippen molar-refractivity contribution < 1.29 is 0 Å². The molecule has 2 heterocycles. The van der Waals surface area contributed by atoms with Crippen molar-refractivity contribution in [2.75, 3.05) is 5.75 Å². The minimum absolute atomic E-state index is 1.07. The van der Waals surface area contributed by atoms with Gasteiger partial charge in [0.1, 0.15) is 0 Å². The maximum Gasteiger partial charge on any atom is 0.0785 e. The van der Waals surface area contributed by atoms with Crippen LogP contribution in [0, 0.1) is 0 Å². The van der Waals surface area contributed by atoms with Crippen LogP contribution in [0.2, 0.25) is 0 Å². The molecule has 1 aromatic heterocycles. The second-order valence-corrected chi connectivity index (χ2v) is 4.33. The van der Waals surface area contributed by atoms with E-state index < -0.39 is 0 Å². The molecule has 0 aliphatic carbocycles. The molecule has 0 radical (unpaired) electrons. The molecule has 1 aliphatic rings. The Labute approximate surface area is 86.9 Å². The lowest BCUT2D eigenvalue weighted by atomic mass is 10.1. The van der Waals surface area contributed by atoms with Crippen LogP contribution in [0.15, 0.2) is 41.4 Å². The monoisotopic (exact) mass is 199 g/mol. The molecule has 1 aromatic carbocycles. The number of thioether (sulfide) groups is 1. The molecule has 0 spiro atoms. The number of hydrogen-bond donors (Lipinski definition) is 0. The van der Waals surface area contributed by atoms with Gasteiger partial charge in [0, 0.05) is 27.8 Å². The highest BCUT2D eigenvalue weighted by molar-refractivity contribution is 7.99. The summed E-state index contributed by atoms with van der Waals surface area (Å²) in [7, 11) is 0. The maximum absolute atomic E-state index is 4.43. The third kappa shape index (κ3) is 1.15. The zero-order chi connectivity index (χ0) is 9.38. The van der Waals surface area contributed by atoms with Crippen LogP contribution < -0.4 is 0 Å². The number of rotatable bonds is 0. The van der Waals surface area contributed by atoms with Crippen LogP contribution in [0.1, 0.15) is 5.56 Å². The van der Waals surface area contributed by atoms with E-state index in [1.165, 1.54) is 15.8 Å². The minimum Gasteiger partial charge on any atom is -0.256 e. The molecule has 2 aromatic rings. The van der Waals surface area contributed by atoms with Gasteiger partial charge in [0.2, 0.25) is 0 Å². The summed E-state index contributed by atoms with van der Waals surface area (Å²) in [5.74, 6) is 1.07. The first-order valence-corrected chi connectivity index (χ1v) is 5.61. The first kappa shape index (κ1) is 8.06. The van der Waals surface area contributed by atoms with Crippen LogP contribution in [-0.2, 0) is 0 Å². The summed E-state index contributed by atoms with van der Waals surface area (Å²) in [5.41, 5.74) is 2.40. The molecule has 0 fully saturated rings. The van der Waals surface area contributed by atoms with Crippen LogP contribution in [-0.4, -0.2) is 10.7 Å². The molecular weight excluding hydrogens is 190 g/mol. The number of fused-ring (bicyclic) bond motifs is 3. The molecule has 14 heavy (non-hydrogen) atoms. The fourth-order valence-electron chi connectivity index (χ4n) is 1.74. The van der Waals surface area contributed by atoms with Crippen molar-refractivity contribution in [1.82, 2.24) is 4.98 Å². The summed E-state index contributed by atoms with van der Waals surface area (Å²) in [4.78, 5) is 5.78. The SMILES string of the molecule is C1=Cc2c(ccc3cccnc23)SC1. The zero-order valence-corrected chi connectivity index (χ0v) is 8.42. The number of hydrogen-bond acceptors (Lipinski definition) is 2. The first-order valence-electron chi connectivity index (χ1n) is 4.62. The summed E-state index contributed by atoms with van der Waals surface area (Å²) in [6.07, 6.45) is 6.23. The predicted molar refractivity (Wildman–Crippen MR) is 61.5 cm³/mol. The van der Waals surface area contributed by atoms with Crippen molar-refractivity contribution >= 4 is 28.7 Å². The zero-order valence-electron chi connectivity index (χ0n) is 7.60. The standard InChI is InChI=1S/C12H9NS/c1-3-9-5-6-11-10(4-2-8-14-11)12(9)13-7-1/h1-7H,8H2. The Morgan fingerprint density at radius 3 is 3.21 bits per heavy atom. The third-order valence-corrected chi connectivity index (χ3v) is 3.42. The average molecular weight is 199 g/mol. The average Bonchev–Trinajstić information content (AvgIpc) is 2.29. The Balaban J connectivity index is 2.42. The van der Waals surface area contributed by atoms with Gasteiger partial charge in [-0.2, -0.15) is 0 Å². The molecule has 68 valence electrons. The van der Waals surface area contributed by atoms with Gasteiger partial charge in [0.05, 0.1) is 5.52 Å². The third-order valence-electron chi connectivity index (χ3n) is 2.39. The van der Waals surface area contributed by atoms with Crippen molar-refractivity contribution in [2.24, 2.45) is 0 Å². The Bertz CT molecular complexity index is 517. The Morgan fingerprint density at radius 1 is 1.21 bits per heavy atom. The normalized spacial score (nSPS) is 14.3. The van der Waals surface area contributed by atoms with E-state index >= 15 is 0 Å². The second kappa shape index (κ2) is 3.14. The topological polar surface area (TPSA) is 12.9 Å². The molecule has 0 saturated heterocycles. The van der Waals surface area contributed by atoms with E-state index in [0.29, 0.717) is 0 Å². The van der Waals surface area contributed by atoms with Crippen molar-refractivity contribution in [1.29, 1.82) is 0 Å². The Kier molecular flexibility index (Phi) is 1.81. The first-order chi connectivity index (χ1) is 6.95. The van der Waals surface area contributed by atoms with Gasteiger partial charge in [-0.25, -0.2) is 0 Å². The van der Waals surface area contributed by atoms with Crippen LogP contribution >= 0.6 is 11.8 Å². The van der Waals surface area contributed by atoms with E-state index in [4.69, 9.17) is 0 Å². The summed E-state index contributed by atoms with van der Waals surface area (Å²) in [5, 5.41) is 1.22. The highest BCUT2D eigenvalue weighted by Crippen LogP contribution is 2.32. The van der Waals surface area contributed by atoms with E-state index in [1.807, 2.05) is 24.0 Å². The van der Waals surface area contributed by atoms with Crippen LogP contribution in [0.4, 0.5) is 0 Å². The van der Waals surface area contributed by atoms with Gasteiger partial charge in [-0.05, 0) is 12.1 Å². The minimum atomic E-state index is 1.07. The quantitative estimate of drug-likeness (QED) is 0.645. The summed E-state index contributed by atoms with van der Waals surface area (Å²) < 4.78 is 0. The summed E-state index contributed by atoms with van der Waals surface area (Å²) >= 11 is 1.88. The molecule has 0 atom stereocenters. The highest BCUT2D eigenvalue weighted by atomic mass is 32.2. The Morgan fingerprint density at radius 2 is 2.21 bits per heavy atom. The summed E-state index contributed by atoms with van der Waals surface area (Å²) in [6, 6.07) is 8.42. The van der Waals surface area contributed by atoms with E-state index in [0.717, 1.165) is 11.3 Å². The molecular formula is C12H9NS. The van der Waals surface area contributed by atoms with Crippen LogP contribution in [0.25, 0.3) is 17.0 Å². The molecule has 1 nitrogen and oxygen atoms in total. The largest absolute Gasteiger partial charge is 0.256 e. The lowest BCUT2D eigenvalue weighted by molar-refractivity contribution is 1.35. The van der Waals surface area contributed by atoms with Crippen molar-refractivity contribution in [3.05, 3.63) is 42.1 Å². The van der Waals surface area contributed by atoms with Crippen molar-refractivity contribution in [3.63, 3.8) is 0 Å². The van der Waals surface area contributed by atoms with E-state index in [2.05, 4.69) is 35.3 Å². The van der Waals surface area contributed by atoms with Gasteiger partial charge in [-0.3, -0.25) is 4.98 Å². The second-order valence-electron chi connectivity index (χ2n) is 3.27. The van der Waals surface area contributed by atoms with Crippen LogP contribution in [0.5, 0.6) is 0 Å². The van der Waals surface area contributed by atoms with Gasteiger partial charge < -0.3 is 0 Å². The lowest BCUT2D eigenvalue weighted by Gasteiger charge is -2.11. The fraction of sp³-hybridized carbons (Fsp3) is 0.0833. The molecule has 3 rings (SSSR count). The molecule has 0 amide bonds. The Hall–Kier alpha value is -1.28. The van der Waals surface area contributed by atoms with Crippen molar-refractivity contribution in [3.8, 4) is 0 Å². The van der Waals surface area contributed by atoms with E-state index in [-0.39, 0.29) is 0 Å². The van der Waals surface area contributed by atoms with Gasteiger partial charge >= 0.3 is 0 Å². The smallest absolute Gasteiger partial charge is 0.0785 e. The van der Waals surface area contributed by atoms with Gasteiger partial charge in [-0.15, -0.1) is 11.8 Å². The predicted octanol–water partition coefficient (Wildman–Crippen LogP) is 3.35. The molecule has 0 N–H and O–H groups in total. The van der Waals surface area contributed by atoms with Gasteiger partial charge in [0.25, 0.3) is 0 Å². The highest BCUT2D eigenvalue weighted by Gasteiger charge is 2.08. The van der Waals surface area contributed by atoms with Gasteiger partial charge in [-0.1, -0.05) is 24.3 Å². The lowest BCUT2D eigenvalue weighted by Crippen LogP contribution is -1.90. The number of pyridine rings is 1. The number of benzene rings is 1. The number of nitrogens with zero attached hydrogens (tertiary/aromatic N) is 1. The molecule has 0 unspecified atom stereocenters. The maximum atomic E-state index is 4.43. The number of aromatic nitrogens is 1. The molecule has 1 aliphatic heterocycles.